The van der Waals surface area contributed by atoms with E-state index in [9.17, 15) is 13.5 Å². The maximum atomic E-state index is 12.7. The second-order valence-corrected chi connectivity index (χ2v) is 9.33. The lowest BCUT2D eigenvalue weighted by Gasteiger charge is -2.25. The third kappa shape index (κ3) is 3.15. The highest BCUT2D eigenvalue weighted by Crippen LogP contribution is 2.35. The van der Waals surface area contributed by atoms with Crippen LogP contribution in [0.1, 0.15) is 23.4 Å². The minimum absolute atomic E-state index is 0.0928. The molecule has 1 atom stereocenters. The Morgan fingerprint density at radius 1 is 1.33 bits per heavy atom. The SMILES string of the molecule is Cc1sc(Br)cc1S(=O)(=O)N(C)C(C)c1ccccc1O. The van der Waals surface area contributed by atoms with Crippen molar-refractivity contribution in [1.82, 2.24) is 4.31 Å². The number of aryl methyl sites for hydroxylation is 1. The highest BCUT2D eigenvalue weighted by Gasteiger charge is 2.29. The van der Waals surface area contributed by atoms with Gasteiger partial charge in [-0.2, -0.15) is 4.31 Å². The van der Waals surface area contributed by atoms with Gasteiger partial charge in [0.05, 0.1) is 14.7 Å². The van der Waals surface area contributed by atoms with E-state index in [0.29, 0.717) is 10.5 Å². The van der Waals surface area contributed by atoms with Crippen molar-refractivity contribution >= 4 is 37.3 Å². The van der Waals surface area contributed by atoms with E-state index in [2.05, 4.69) is 15.9 Å². The van der Waals surface area contributed by atoms with Crippen molar-refractivity contribution in [3.63, 3.8) is 0 Å². The molecule has 114 valence electrons. The first kappa shape index (κ1) is 16.5. The van der Waals surface area contributed by atoms with Crippen molar-refractivity contribution in [1.29, 1.82) is 0 Å². The molecule has 0 aliphatic rings. The molecule has 7 heteroatoms. The Labute approximate surface area is 137 Å². The highest BCUT2D eigenvalue weighted by atomic mass is 79.9. The number of halogens is 1. The lowest BCUT2D eigenvalue weighted by atomic mass is 10.1. The number of phenolic OH excluding ortho intramolecular Hbond substituents is 1. The molecule has 2 rings (SSSR count). The third-order valence-electron chi connectivity index (χ3n) is 3.43. The maximum absolute atomic E-state index is 12.7. The summed E-state index contributed by atoms with van der Waals surface area (Å²) in [5.74, 6) is 0.0928. The minimum atomic E-state index is -3.61. The molecule has 1 aromatic carbocycles. The Kier molecular flexibility index (Phi) is 4.77. The standard InChI is InChI=1S/C14H16BrNO3S2/c1-9(11-6-4-5-7-12(11)17)16(3)21(18,19)13-8-14(15)20-10(13)2/h4-9,17H,1-3H3. The van der Waals surface area contributed by atoms with Crippen LogP contribution in [0.25, 0.3) is 0 Å². The summed E-state index contributed by atoms with van der Waals surface area (Å²) in [7, 11) is -2.09. The third-order valence-corrected chi connectivity index (χ3v) is 7.17. The summed E-state index contributed by atoms with van der Waals surface area (Å²) in [6.07, 6.45) is 0. The molecule has 1 heterocycles. The number of benzene rings is 1. The topological polar surface area (TPSA) is 57.6 Å². The van der Waals surface area contributed by atoms with Crippen LogP contribution >= 0.6 is 27.3 Å². The van der Waals surface area contributed by atoms with E-state index in [4.69, 9.17) is 0 Å². The number of hydrogen-bond donors (Lipinski definition) is 1. The van der Waals surface area contributed by atoms with Crippen molar-refractivity contribution in [3.8, 4) is 5.75 Å². The van der Waals surface area contributed by atoms with Gasteiger partial charge in [0.1, 0.15) is 5.75 Å². The van der Waals surface area contributed by atoms with E-state index >= 15 is 0 Å². The number of rotatable bonds is 4. The molecule has 0 aliphatic carbocycles. The van der Waals surface area contributed by atoms with Gasteiger partial charge in [0, 0.05) is 17.5 Å². The zero-order valence-corrected chi connectivity index (χ0v) is 15.1. The summed E-state index contributed by atoms with van der Waals surface area (Å²) in [4.78, 5) is 1.03. The molecule has 1 N–H and O–H groups in total. The van der Waals surface area contributed by atoms with Crippen molar-refractivity contribution < 1.29 is 13.5 Å². The van der Waals surface area contributed by atoms with Gasteiger partial charge in [0.2, 0.25) is 10.0 Å². The number of para-hydroxylation sites is 1. The summed E-state index contributed by atoms with van der Waals surface area (Å²) in [5, 5.41) is 9.90. The van der Waals surface area contributed by atoms with Crippen LogP contribution < -0.4 is 0 Å². The number of phenols is 1. The molecule has 0 radical (unpaired) electrons. The fraction of sp³-hybridized carbons (Fsp3) is 0.286. The average Bonchev–Trinajstić information content (AvgIpc) is 2.77. The van der Waals surface area contributed by atoms with Crippen LogP contribution in [0.4, 0.5) is 0 Å². The quantitative estimate of drug-likeness (QED) is 0.861. The van der Waals surface area contributed by atoms with E-state index in [1.165, 1.54) is 22.7 Å². The molecule has 1 aromatic heterocycles. The van der Waals surface area contributed by atoms with E-state index in [1.807, 2.05) is 0 Å². The molecule has 0 amide bonds. The molecule has 0 aliphatic heterocycles. The highest BCUT2D eigenvalue weighted by molar-refractivity contribution is 9.11. The smallest absolute Gasteiger partial charge is 0.244 e. The van der Waals surface area contributed by atoms with Gasteiger partial charge in [-0.15, -0.1) is 11.3 Å². The summed E-state index contributed by atoms with van der Waals surface area (Å²) < 4.78 is 27.5. The van der Waals surface area contributed by atoms with Crippen molar-refractivity contribution in [2.45, 2.75) is 24.8 Å². The lowest BCUT2D eigenvalue weighted by Crippen LogP contribution is -2.30. The molecule has 21 heavy (non-hydrogen) atoms. The predicted molar refractivity (Wildman–Crippen MR) is 88.2 cm³/mol. The van der Waals surface area contributed by atoms with Gasteiger partial charge in [-0.1, -0.05) is 18.2 Å². The number of thiophene rings is 1. The zero-order chi connectivity index (χ0) is 15.8. The van der Waals surface area contributed by atoms with Crippen LogP contribution in [0, 0.1) is 6.92 Å². The Morgan fingerprint density at radius 2 is 1.95 bits per heavy atom. The van der Waals surface area contributed by atoms with E-state index in [1.54, 1.807) is 44.2 Å². The van der Waals surface area contributed by atoms with Gasteiger partial charge in [-0.3, -0.25) is 0 Å². The Morgan fingerprint density at radius 3 is 2.48 bits per heavy atom. The Hall–Kier alpha value is -0.890. The molecular formula is C14H16BrNO3S2. The zero-order valence-electron chi connectivity index (χ0n) is 11.9. The Balaban J connectivity index is 2.41. The molecule has 0 saturated heterocycles. The van der Waals surface area contributed by atoms with Crippen LogP contribution in [0.2, 0.25) is 0 Å². The normalized spacial score (nSPS) is 13.6. The van der Waals surface area contributed by atoms with E-state index < -0.39 is 16.1 Å². The van der Waals surface area contributed by atoms with Gasteiger partial charge in [-0.05, 0) is 41.9 Å². The van der Waals surface area contributed by atoms with Gasteiger partial charge in [-0.25, -0.2) is 8.42 Å². The summed E-state index contributed by atoms with van der Waals surface area (Å²) in [6, 6.07) is 7.91. The van der Waals surface area contributed by atoms with E-state index in [-0.39, 0.29) is 5.75 Å². The fourth-order valence-electron chi connectivity index (χ4n) is 2.09. The van der Waals surface area contributed by atoms with Gasteiger partial charge < -0.3 is 5.11 Å². The summed E-state index contributed by atoms with van der Waals surface area (Å²) in [6.45, 7) is 3.53. The monoisotopic (exact) mass is 389 g/mol. The molecule has 0 bridgehead atoms. The number of nitrogens with zero attached hydrogens (tertiary/aromatic N) is 1. The lowest BCUT2D eigenvalue weighted by molar-refractivity contribution is 0.381. The number of hydrogen-bond acceptors (Lipinski definition) is 4. The van der Waals surface area contributed by atoms with Gasteiger partial charge >= 0.3 is 0 Å². The second-order valence-electron chi connectivity index (χ2n) is 4.73. The molecule has 1 unspecified atom stereocenters. The first-order valence-electron chi connectivity index (χ1n) is 6.27. The number of aromatic hydroxyl groups is 1. The first-order valence-corrected chi connectivity index (χ1v) is 9.32. The van der Waals surface area contributed by atoms with Crippen LogP contribution in [0.5, 0.6) is 5.75 Å². The molecular weight excluding hydrogens is 374 g/mol. The maximum Gasteiger partial charge on any atom is 0.244 e. The van der Waals surface area contributed by atoms with Gasteiger partial charge in [0.15, 0.2) is 0 Å². The Bertz CT molecular complexity index is 755. The van der Waals surface area contributed by atoms with Crippen molar-refractivity contribution in [2.75, 3.05) is 7.05 Å². The van der Waals surface area contributed by atoms with Crippen LogP contribution in [-0.2, 0) is 10.0 Å². The van der Waals surface area contributed by atoms with Crippen LogP contribution in [0.3, 0.4) is 0 Å². The molecule has 0 saturated carbocycles. The minimum Gasteiger partial charge on any atom is -0.508 e. The average molecular weight is 390 g/mol. The van der Waals surface area contributed by atoms with Crippen LogP contribution in [0.15, 0.2) is 39.0 Å². The number of sulfonamides is 1. The predicted octanol–water partition coefficient (Wildman–Crippen LogP) is 3.91. The van der Waals surface area contributed by atoms with Crippen molar-refractivity contribution in [2.24, 2.45) is 0 Å². The molecule has 0 fully saturated rings. The van der Waals surface area contributed by atoms with E-state index in [0.717, 1.165) is 8.66 Å². The molecule has 2 aromatic rings. The second kappa shape index (κ2) is 6.08. The van der Waals surface area contributed by atoms with Crippen LogP contribution in [-0.4, -0.2) is 24.9 Å². The first-order chi connectivity index (χ1) is 9.75. The largest absolute Gasteiger partial charge is 0.508 e. The molecule has 0 spiro atoms. The summed E-state index contributed by atoms with van der Waals surface area (Å²) in [5.41, 5.74) is 0.579. The summed E-state index contributed by atoms with van der Waals surface area (Å²) >= 11 is 4.70. The van der Waals surface area contributed by atoms with Gasteiger partial charge in [0.25, 0.3) is 0 Å². The van der Waals surface area contributed by atoms with Crippen molar-refractivity contribution in [3.05, 3.63) is 44.6 Å². The fourth-order valence-corrected chi connectivity index (χ4v) is 5.81. The molecule has 4 nitrogen and oxygen atoms in total.